The highest BCUT2D eigenvalue weighted by atomic mass is 32.2. The third-order valence-electron chi connectivity index (χ3n) is 2.82. The molecule has 0 fully saturated rings. The van der Waals surface area contributed by atoms with Gasteiger partial charge in [0.15, 0.2) is 5.78 Å². The lowest BCUT2D eigenvalue weighted by atomic mass is 10.1. The number of aromatic carboxylic acids is 1. The number of carboxylic acid groups (broad SMARTS) is 1. The molecule has 2 aromatic carbocycles. The highest BCUT2D eigenvalue weighted by Gasteiger charge is 2.13. The quantitative estimate of drug-likeness (QED) is 0.673. The third kappa shape index (κ3) is 3.48. The molecular weight excluding hydrogens is 272 g/mol. The van der Waals surface area contributed by atoms with E-state index in [9.17, 15) is 14.7 Å². The molecule has 0 unspecified atom stereocenters. The highest BCUT2D eigenvalue weighted by molar-refractivity contribution is 8.00. The van der Waals surface area contributed by atoms with Crippen molar-refractivity contribution in [3.63, 3.8) is 0 Å². The molecule has 2 rings (SSSR count). The number of hydrogen-bond donors (Lipinski definition) is 1. The van der Waals surface area contributed by atoms with Crippen LogP contribution in [-0.2, 0) is 0 Å². The standard InChI is InChI=1S/C16H14O3S/c1-11-7-8-15(13(9-11)16(18)19)20-10-14(17)12-5-3-2-4-6-12/h2-9H,10H2,1H3,(H,18,19). The molecular formula is C16H14O3S. The van der Waals surface area contributed by atoms with Crippen LogP contribution in [0.5, 0.6) is 0 Å². The van der Waals surface area contributed by atoms with Crippen LogP contribution in [0.1, 0.15) is 26.3 Å². The molecule has 0 spiro atoms. The van der Waals surface area contributed by atoms with E-state index in [4.69, 9.17) is 0 Å². The average Bonchev–Trinajstić information content (AvgIpc) is 2.46. The van der Waals surface area contributed by atoms with E-state index in [0.29, 0.717) is 10.5 Å². The molecule has 0 aliphatic heterocycles. The maximum atomic E-state index is 12.0. The van der Waals surface area contributed by atoms with Crippen LogP contribution >= 0.6 is 11.8 Å². The summed E-state index contributed by atoms with van der Waals surface area (Å²) in [5, 5.41) is 9.17. The molecule has 4 heteroatoms. The summed E-state index contributed by atoms with van der Waals surface area (Å²) in [6.45, 7) is 1.84. The Balaban J connectivity index is 2.12. The van der Waals surface area contributed by atoms with E-state index >= 15 is 0 Å². The monoisotopic (exact) mass is 286 g/mol. The predicted molar refractivity (Wildman–Crippen MR) is 79.6 cm³/mol. The minimum atomic E-state index is -0.969. The smallest absolute Gasteiger partial charge is 0.336 e. The van der Waals surface area contributed by atoms with E-state index in [2.05, 4.69) is 0 Å². The molecule has 2 aromatic rings. The fourth-order valence-corrected chi connectivity index (χ4v) is 2.71. The van der Waals surface area contributed by atoms with Crippen molar-refractivity contribution >= 4 is 23.5 Å². The predicted octanol–water partition coefficient (Wildman–Crippen LogP) is 3.67. The molecule has 0 saturated carbocycles. The van der Waals surface area contributed by atoms with Crippen molar-refractivity contribution in [3.05, 3.63) is 65.2 Å². The second-order valence-electron chi connectivity index (χ2n) is 4.38. The molecule has 1 N–H and O–H groups in total. The van der Waals surface area contributed by atoms with E-state index in [-0.39, 0.29) is 17.1 Å². The Morgan fingerprint density at radius 2 is 1.80 bits per heavy atom. The number of ketones is 1. The van der Waals surface area contributed by atoms with Gasteiger partial charge in [0.2, 0.25) is 0 Å². The molecule has 0 aliphatic carbocycles. The molecule has 0 aliphatic rings. The lowest BCUT2D eigenvalue weighted by Gasteiger charge is -2.06. The Morgan fingerprint density at radius 1 is 1.10 bits per heavy atom. The van der Waals surface area contributed by atoms with Crippen LogP contribution in [0.3, 0.4) is 0 Å². The second-order valence-corrected chi connectivity index (χ2v) is 5.40. The first-order valence-corrected chi connectivity index (χ1v) is 7.11. The van der Waals surface area contributed by atoms with Crippen molar-refractivity contribution in [2.75, 3.05) is 5.75 Å². The number of carbonyl (C=O) groups excluding carboxylic acids is 1. The number of rotatable bonds is 5. The zero-order valence-electron chi connectivity index (χ0n) is 11.0. The van der Waals surface area contributed by atoms with Gasteiger partial charge in [-0.15, -0.1) is 11.8 Å². The van der Waals surface area contributed by atoms with Gasteiger partial charge in [0.25, 0.3) is 0 Å². The largest absolute Gasteiger partial charge is 0.478 e. The van der Waals surface area contributed by atoms with E-state index < -0.39 is 5.97 Å². The number of thioether (sulfide) groups is 1. The van der Waals surface area contributed by atoms with E-state index in [1.54, 1.807) is 24.3 Å². The van der Waals surface area contributed by atoms with Crippen LogP contribution in [0.15, 0.2) is 53.4 Å². The number of benzene rings is 2. The fraction of sp³-hybridized carbons (Fsp3) is 0.125. The van der Waals surface area contributed by atoms with Gasteiger partial charge in [-0.2, -0.15) is 0 Å². The zero-order valence-corrected chi connectivity index (χ0v) is 11.8. The molecule has 0 saturated heterocycles. The first-order valence-electron chi connectivity index (χ1n) is 6.13. The number of hydrogen-bond acceptors (Lipinski definition) is 3. The van der Waals surface area contributed by atoms with Crippen LogP contribution in [0.4, 0.5) is 0 Å². The van der Waals surface area contributed by atoms with Crippen LogP contribution < -0.4 is 0 Å². The van der Waals surface area contributed by atoms with Gasteiger partial charge in [-0.1, -0.05) is 42.0 Å². The average molecular weight is 286 g/mol. The topological polar surface area (TPSA) is 54.4 Å². The van der Waals surface area contributed by atoms with Gasteiger partial charge in [0.05, 0.1) is 11.3 Å². The number of aryl methyl sites for hydroxylation is 1. The minimum absolute atomic E-state index is 0.00693. The van der Waals surface area contributed by atoms with Gasteiger partial charge in [-0.3, -0.25) is 4.79 Å². The summed E-state index contributed by atoms with van der Waals surface area (Å²) < 4.78 is 0. The molecule has 0 amide bonds. The van der Waals surface area contributed by atoms with Crippen LogP contribution in [0.2, 0.25) is 0 Å². The van der Waals surface area contributed by atoms with E-state index in [1.807, 2.05) is 31.2 Å². The second kappa shape index (κ2) is 6.39. The first kappa shape index (κ1) is 14.3. The normalized spacial score (nSPS) is 10.2. The van der Waals surface area contributed by atoms with Gasteiger partial charge in [-0.05, 0) is 19.1 Å². The summed E-state index contributed by atoms with van der Waals surface area (Å²) in [7, 11) is 0. The minimum Gasteiger partial charge on any atom is -0.478 e. The summed E-state index contributed by atoms with van der Waals surface area (Å²) in [6.07, 6.45) is 0. The summed E-state index contributed by atoms with van der Waals surface area (Å²) in [5.41, 5.74) is 1.78. The lowest BCUT2D eigenvalue weighted by Crippen LogP contribution is -2.04. The van der Waals surface area contributed by atoms with Crippen LogP contribution in [-0.4, -0.2) is 22.6 Å². The molecule has 0 heterocycles. The lowest BCUT2D eigenvalue weighted by molar-refractivity contribution is 0.0692. The van der Waals surface area contributed by atoms with Crippen molar-refractivity contribution < 1.29 is 14.7 Å². The van der Waals surface area contributed by atoms with Crippen LogP contribution in [0.25, 0.3) is 0 Å². The van der Waals surface area contributed by atoms with Gasteiger partial charge in [0, 0.05) is 10.5 Å². The summed E-state index contributed by atoms with van der Waals surface area (Å²) in [4.78, 5) is 23.8. The first-order chi connectivity index (χ1) is 9.58. The third-order valence-corrected chi connectivity index (χ3v) is 3.89. The Morgan fingerprint density at radius 3 is 2.45 bits per heavy atom. The number of carbonyl (C=O) groups is 2. The Kier molecular flexibility index (Phi) is 4.58. The number of carboxylic acids is 1. The highest BCUT2D eigenvalue weighted by Crippen LogP contribution is 2.24. The Labute approximate surface area is 121 Å². The Bertz CT molecular complexity index is 635. The fourth-order valence-electron chi connectivity index (χ4n) is 1.79. The molecule has 102 valence electrons. The van der Waals surface area contributed by atoms with Crippen molar-refractivity contribution in [2.45, 2.75) is 11.8 Å². The maximum Gasteiger partial charge on any atom is 0.336 e. The summed E-state index contributed by atoms with van der Waals surface area (Å²) in [5.74, 6) is -0.747. The van der Waals surface area contributed by atoms with Gasteiger partial charge in [-0.25, -0.2) is 4.79 Å². The van der Waals surface area contributed by atoms with Crippen LogP contribution in [0, 0.1) is 6.92 Å². The SMILES string of the molecule is Cc1ccc(SCC(=O)c2ccccc2)c(C(=O)O)c1. The van der Waals surface area contributed by atoms with Gasteiger partial charge < -0.3 is 5.11 Å². The summed E-state index contributed by atoms with van der Waals surface area (Å²) >= 11 is 1.26. The van der Waals surface area contributed by atoms with Crippen molar-refractivity contribution in [1.29, 1.82) is 0 Å². The van der Waals surface area contributed by atoms with Crippen molar-refractivity contribution in [1.82, 2.24) is 0 Å². The maximum absolute atomic E-state index is 12.0. The van der Waals surface area contributed by atoms with E-state index in [1.165, 1.54) is 11.8 Å². The van der Waals surface area contributed by atoms with Gasteiger partial charge >= 0.3 is 5.97 Å². The summed E-state index contributed by atoms with van der Waals surface area (Å²) in [6, 6.07) is 14.2. The van der Waals surface area contributed by atoms with Crippen molar-refractivity contribution in [2.24, 2.45) is 0 Å². The van der Waals surface area contributed by atoms with Crippen molar-refractivity contribution in [3.8, 4) is 0 Å². The zero-order chi connectivity index (χ0) is 14.5. The molecule has 0 radical (unpaired) electrons. The van der Waals surface area contributed by atoms with Gasteiger partial charge in [0.1, 0.15) is 0 Å². The molecule has 0 atom stereocenters. The molecule has 20 heavy (non-hydrogen) atoms. The van der Waals surface area contributed by atoms with E-state index in [0.717, 1.165) is 5.56 Å². The number of Topliss-reactive ketones (excluding diaryl/α,β-unsaturated/α-hetero) is 1. The molecule has 0 aromatic heterocycles. The molecule has 3 nitrogen and oxygen atoms in total. The molecule has 0 bridgehead atoms. The Hall–Kier alpha value is -2.07.